The van der Waals surface area contributed by atoms with Crippen molar-refractivity contribution in [3.8, 4) is 28.5 Å². The summed E-state index contributed by atoms with van der Waals surface area (Å²) in [5, 5.41) is 8.21. The van der Waals surface area contributed by atoms with Gasteiger partial charge in [-0.1, -0.05) is 58.8 Å². The number of carbonyl (C=O) groups is 1. The van der Waals surface area contributed by atoms with Crippen LogP contribution in [0.25, 0.3) is 11.1 Å². The van der Waals surface area contributed by atoms with Crippen LogP contribution in [-0.2, 0) is 11.3 Å². The maximum absolute atomic E-state index is 13.2. The van der Waals surface area contributed by atoms with Crippen LogP contribution in [0.2, 0.25) is 0 Å². The molecule has 0 unspecified atom stereocenters. The van der Waals surface area contributed by atoms with Gasteiger partial charge in [-0.05, 0) is 59.4 Å². The van der Waals surface area contributed by atoms with Crippen LogP contribution >= 0.6 is 0 Å². The number of hydrogen-bond donors (Lipinski definition) is 0. The van der Waals surface area contributed by atoms with E-state index in [1.807, 2.05) is 60.7 Å². The average Bonchev–Trinajstić information content (AvgIpc) is 3.30. The summed E-state index contributed by atoms with van der Waals surface area (Å²) >= 11 is 0. The fraction of sp³-hybridized carbons (Fsp3) is 0.276. The second-order valence-electron chi connectivity index (χ2n) is 9.18. The fourth-order valence-corrected chi connectivity index (χ4v) is 4.44. The molecule has 0 amide bonds. The summed E-state index contributed by atoms with van der Waals surface area (Å²) in [6.45, 7) is 2.22. The number of benzene rings is 3. The molecular formula is C29H27F2N3O4. The van der Waals surface area contributed by atoms with Crippen LogP contribution in [0.4, 0.5) is 8.78 Å². The van der Waals surface area contributed by atoms with Crippen molar-refractivity contribution >= 4 is 5.97 Å². The van der Waals surface area contributed by atoms with Crippen LogP contribution in [0, 0.1) is 0 Å². The van der Waals surface area contributed by atoms with Crippen molar-refractivity contribution in [2.45, 2.75) is 38.2 Å². The van der Waals surface area contributed by atoms with Crippen molar-refractivity contribution in [2.24, 2.45) is 0 Å². The number of hydrogen-bond acceptors (Lipinski definition) is 6. The topological polar surface area (TPSA) is 75.5 Å². The molecule has 1 aliphatic carbocycles. The van der Waals surface area contributed by atoms with E-state index in [1.165, 1.54) is 4.68 Å². The molecule has 0 aliphatic heterocycles. The SMILES string of the molecule is CCOC(=O)c1c(Oc2ccc(-c3ccc(C4CC(F)(F)C4)cc3)cc2)nnn1Cc1ccc(OC)cc1. The number of carbonyl (C=O) groups excluding carboxylic acids is 1. The van der Waals surface area contributed by atoms with Gasteiger partial charge in [0.05, 0.1) is 20.3 Å². The zero-order valence-electron chi connectivity index (χ0n) is 21.1. The molecule has 4 aromatic rings. The van der Waals surface area contributed by atoms with Gasteiger partial charge in [0.1, 0.15) is 11.5 Å². The number of ether oxygens (including phenoxy) is 3. The Morgan fingerprint density at radius 1 is 0.947 bits per heavy atom. The molecule has 0 N–H and O–H groups in total. The normalized spacial score (nSPS) is 14.5. The first-order valence-corrected chi connectivity index (χ1v) is 12.3. The highest BCUT2D eigenvalue weighted by Gasteiger charge is 2.45. The number of alkyl halides is 2. The highest BCUT2D eigenvalue weighted by atomic mass is 19.3. The van der Waals surface area contributed by atoms with Crippen molar-refractivity contribution in [2.75, 3.05) is 13.7 Å². The summed E-state index contributed by atoms with van der Waals surface area (Å²) in [5.74, 6) is -1.95. The van der Waals surface area contributed by atoms with Crippen LogP contribution < -0.4 is 9.47 Å². The van der Waals surface area contributed by atoms with E-state index >= 15 is 0 Å². The van der Waals surface area contributed by atoms with Gasteiger partial charge in [0.2, 0.25) is 11.6 Å². The molecule has 1 aliphatic rings. The van der Waals surface area contributed by atoms with Crippen LogP contribution in [0.5, 0.6) is 17.4 Å². The molecule has 0 bridgehead atoms. The molecule has 0 spiro atoms. The van der Waals surface area contributed by atoms with Crippen LogP contribution in [0.1, 0.15) is 47.3 Å². The van der Waals surface area contributed by atoms with Gasteiger partial charge in [0.15, 0.2) is 0 Å². The number of nitrogens with zero attached hydrogens (tertiary/aromatic N) is 3. The summed E-state index contributed by atoms with van der Waals surface area (Å²) in [4.78, 5) is 12.7. The minimum absolute atomic E-state index is 0.0476. The average molecular weight is 520 g/mol. The molecule has 1 saturated carbocycles. The Balaban J connectivity index is 1.31. The van der Waals surface area contributed by atoms with Gasteiger partial charge in [0, 0.05) is 12.8 Å². The Labute approximate surface area is 219 Å². The molecule has 1 fully saturated rings. The summed E-state index contributed by atoms with van der Waals surface area (Å²) in [6, 6.07) is 22.4. The summed E-state index contributed by atoms with van der Waals surface area (Å²) < 4.78 is 44.2. The molecule has 196 valence electrons. The van der Waals surface area contributed by atoms with Crippen LogP contribution in [0.3, 0.4) is 0 Å². The quantitative estimate of drug-likeness (QED) is 0.236. The van der Waals surface area contributed by atoms with Gasteiger partial charge in [-0.25, -0.2) is 18.3 Å². The minimum Gasteiger partial charge on any atom is -0.497 e. The molecular weight excluding hydrogens is 492 g/mol. The van der Waals surface area contributed by atoms with Crippen LogP contribution in [0.15, 0.2) is 72.8 Å². The van der Waals surface area contributed by atoms with Gasteiger partial charge < -0.3 is 14.2 Å². The van der Waals surface area contributed by atoms with Gasteiger partial charge in [-0.2, -0.15) is 0 Å². The van der Waals surface area contributed by atoms with E-state index in [0.29, 0.717) is 12.3 Å². The number of halogens is 2. The maximum atomic E-state index is 13.2. The third kappa shape index (κ3) is 5.51. The molecule has 5 rings (SSSR count). The minimum atomic E-state index is -2.53. The monoisotopic (exact) mass is 519 g/mol. The lowest BCUT2D eigenvalue weighted by Crippen LogP contribution is -2.33. The molecule has 1 aromatic heterocycles. The molecule has 9 heteroatoms. The standard InChI is InChI=1S/C29H27F2N3O4/c1-3-37-28(35)26-27(32-33-34(26)18-19-4-12-24(36-2)13-5-19)38-25-14-10-21(11-15-25)20-6-8-22(9-7-20)23-16-29(30,31)17-23/h4-15,23H,3,16-18H2,1-2H3. The highest BCUT2D eigenvalue weighted by molar-refractivity contribution is 5.90. The van der Waals surface area contributed by atoms with Crippen molar-refractivity contribution in [3.05, 3.63) is 89.6 Å². The highest BCUT2D eigenvalue weighted by Crippen LogP contribution is 2.48. The van der Waals surface area contributed by atoms with Crippen LogP contribution in [-0.4, -0.2) is 40.6 Å². The first kappa shape index (κ1) is 25.4. The Bertz CT molecular complexity index is 1390. The molecule has 0 radical (unpaired) electrons. The predicted octanol–water partition coefficient (Wildman–Crippen LogP) is 6.48. The third-order valence-electron chi connectivity index (χ3n) is 6.54. The zero-order chi connectivity index (χ0) is 26.7. The Morgan fingerprint density at radius 2 is 1.55 bits per heavy atom. The van der Waals surface area contributed by atoms with E-state index in [-0.39, 0.29) is 36.9 Å². The van der Waals surface area contributed by atoms with Crippen molar-refractivity contribution in [1.29, 1.82) is 0 Å². The lowest BCUT2D eigenvalue weighted by atomic mass is 9.76. The van der Waals surface area contributed by atoms with E-state index in [1.54, 1.807) is 26.2 Å². The fourth-order valence-electron chi connectivity index (χ4n) is 4.44. The van der Waals surface area contributed by atoms with Crippen molar-refractivity contribution in [1.82, 2.24) is 15.0 Å². The second kappa shape index (κ2) is 10.6. The first-order valence-electron chi connectivity index (χ1n) is 12.3. The van der Waals surface area contributed by atoms with E-state index in [9.17, 15) is 13.6 Å². The van der Waals surface area contributed by atoms with E-state index < -0.39 is 11.9 Å². The summed E-state index contributed by atoms with van der Waals surface area (Å²) in [7, 11) is 1.60. The zero-order valence-corrected chi connectivity index (χ0v) is 21.1. The first-order chi connectivity index (χ1) is 18.3. The summed E-state index contributed by atoms with van der Waals surface area (Å²) in [5.41, 5.74) is 3.85. The molecule has 38 heavy (non-hydrogen) atoms. The molecule has 3 aromatic carbocycles. The molecule has 0 saturated heterocycles. The predicted molar refractivity (Wildman–Crippen MR) is 137 cm³/mol. The lowest BCUT2D eigenvalue weighted by Gasteiger charge is -2.35. The molecule has 0 atom stereocenters. The second-order valence-corrected chi connectivity index (χ2v) is 9.18. The van der Waals surface area contributed by atoms with E-state index in [2.05, 4.69) is 10.3 Å². The smallest absolute Gasteiger partial charge is 0.362 e. The number of methoxy groups -OCH3 is 1. The lowest BCUT2D eigenvalue weighted by molar-refractivity contribution is -0.0867. The van der Waals surface area contributed by atoms with E-state index in [0.717, 1.165) is 28.0 Å². The Hall–Kier alpha value is -4.27. The van der Waals surface area contributed by atoms with Gasteiger partial charge >= 0.3 is 5.97 Å². The number of aromatic nitrogens is 3. The molecule has 7 nitrogen and oxygen atoms in total. The molecule has 1 heterocycles. The van der Waals surface area contributed by atoms with Gasteiger partial charge in [-0.3, -0.25) is 0 Å². The summed E-state index contributed by atoms with van der Waals surface area (Å²) in [6.07, 6.45) is -0.173. The van der Waals surface area contributed by atoms with E-state index in [4.69, 9.17) is 14.2 Å². The van der Waals surface area contributed by atoms with Crippen molar-refractivity contribution in [3.63, 3.8) is 0 Å². The number of esters is 1. The number of rotatable bonds is 9. The third-order valence-corrected chi connectivity index (χ3v) is 6.54. The van der Waals surface area contributed by atoms with Crippen molar-refractivity contribution < 1.29 is 27.8 Å². The van der Waals surface area contributed by atoms with Gasteiger partial charge in [-0.15, -0.1) is 0 Å². The Morgan fingerprint density at radius 3 is 2.13 bits per heavy atom. The maximum Gasteiger partial charge on any atom is 0.362 e. The largest absolute Gasteiger partial charge is 0.497 e. The Kier molecular flexibility index (Phi) is 7.09. The van der Waals surface area contributed by atoms with Gasteiger partial charge in [0.25, 0.3) is 5.88 Å².